The van der Waals surface area contributed by atoms with Crippen molar-refractivity contribution in [3.8, 4) is 0 Å². The average Bonchev–Trinajstić information content (AvgIpc) is 2.69. The first-order valence-electron chi connectivity index (χ1n) is 9.56. The topological polar surface area (TPSA) is 58.9 Å². The van der Waals surface area contributed by atoms with Crippen LogP contribution in [0.25, 0.3) is 0 Å². The summed E-state index contributed by atoms with van der Waals surface area (Å²) in [5.41, 5.74) is 0.492. The highest BCUT2D eigenvalue weighted by Gasteiger charge is 2.34. The Morgan fingerprint density at radius 1 is 1.39 bits per heavy atom. The predicted molar refractivity (Wildman–Crippen MR) is 113 cm³/mol. The molecular formula is C21H22ClF4NO3S. The summed E-state index contributed by atoms with van der Waals surface area (Å²) >= 11 is 6.54. The van der Waals surface area contributed by atoms with E-state index in [0.29, 0.717) is 29.2 Å². The minimum Gasteiger partial charge on any atom is -0.511 e. The fraction of sp³-hybridized carbons (Fsp3) is 0.429. The highest BCUT2D eigenvalue weighted by atomic mass is 35.5. The number of allylic oxidation sites excluding steroid dienone is 2. The van der Waals surface area contributed by atoms with Crippen LogP contribution in [0.1, 0.15) is 38.2 Å². The lowest BCUT2D eigenvalue weighted by Gasteiger charge is -2.23. The molecule has 1 aromatic rings. The molecule has 1 aromatic carbocycles. The number of hydrogen-bond donors (Lipinski definition) is 1. The fourth-order valence-electron chi connectivity index (χ4n) is 3.14. The molecule has 0 saturated carbocycles. The van der Waals surface area contributed by atoms with Crippen LogP contribution in [0.5, 0.6) is 0 Å². The van der Waals surface area contributed by atoms with Gasteiger partial charge in [0, 0.05) is 23.3 Å². The highest BCUT2D eigenvalue weighted by molar-refractivity contribution is 7.99. The van der Waals surface area contributed by atoms with E-state index >= 15 is 0 Å². The minimum atomic E-state index is -4.76. The van der Waals surface area contributed by atoms with Crippen molar-refractivity contribution >= 4 is 34.9 Å². The summed E-state index contributed by atoms with van der Waals surface area (Å²) in [6, 6.07) is 2.87. The Morgan fingerprint density at radius 3 is 2.74 bits per heavy atom. The Hall–Kier alpha value is -2.00. The van der Waals surface area contributed by atoms with E-state index in [-0.39, 0.29) is 42.5 Å². The van der Waals surface area contributed by atoms with Crippen molar-refractivity contribution in [3.63, 3.8) is 0 Å². The van der Waals surface area contributed by atoms with Gasteiger partial charge < -0.3 is 9.94 Å². The van der Waals surface area contributed by atoms with Crippen molar-refractivity contribution in [2.75, 3.05) is 12.4 Å². The number of aliphatic hydroxyl groups excluding tert-OH is 1. The number of carbonyl (C=O) groups excluding carboxylic acids is 1. The van der Waals surface area contributed by atoms with E-state index in [0.717, 1.165) is 23.9 Å². The molecule has 0 radical (unpaired) electrons. The molecule has 31 heavy (non-hydrogen) atoms. The zero-order valence-electron chi connectivity index (χ0n) is 16.7. The molecule has 0 saturated heterocycles. The van der Waals surface area contributed by atoms with E-state index in [1.807, 2.05) is 0 Å². The molecule has 0 aromatic heterocycles. The smallest absolute Gasteiger partial charge is 0.419 e. The molecule has 0 fully saturated rings. The SMILES string of the molecule is CCC(=NOCC=CCl)C1=C(O)CC(CCSc2ccc(F)c(C(F)(F)F)c2)CC1=O. The molecule has 1 N–H and O–H groups in total. The number of hydrogen-bond acceptors (Lipinski definition) is 5. The van der Waals surface area contributed by atoms with Gasteiger partial charge >= 0.3 is 6.18 Å². The molecule has 0 amide bonds. The van der Waals surface area contributed by atoms with Crippen molar-refractivity contribution in [1.29, 1.82) is 0 Å². The number of rotatable bonds is 9. The number of aliphatic hydroxyl groups is 1. The number of ketones is 1. The largest absolute Gasteiger partial charge is 0.511 e. The molecule has 0 heterocycles. The van der Waals surface area contributed by atoms with Crippen LogP contribution in [0.3, 0.4) is 0 Å². The van der Waals surface area contributed by atoms with Gasteiger partial charge in [0.2, 0.25) is 0 Å². The molecule has 1 atom stereocenters. The van der Waals surface area contributed by atoms with Gasteiger partial charge in [0.1, 0.15) is 18.2 Å². The Bertz CT molecular complexity index is 884. The third kappa shape index (κ3) is 7.28. The Morgan fingerprint density at radius 2 is 2.13 bits per heavy atom. The summed E-state index contributed by atoms with van der Waals surface area (Å²) in [7, 11) is 0. The lowest BCUT2D eigenvalue weighted by Crippen LogP contribution is -2.25. The lowest BCUT2D eigenvalue weighted by molar-refractivity contribution is -0.140. The molecule has 170 valence electrons. The molecule has 1 aliphatic rings. The van der Waals surface area contributed by atoms with Gasteiger partial charge in [-0.1, -0.05) is 23.7 Å². The molecule has 0 aliphatic heterocycles. The monoisotopic (exact) mass is 479 g/mol. The van der Waals surface area contributed by atoms with Gasteiger partial charge in [-0.15, -0.1) is 11.8 Å². The van der Waals surface area contributed by atoms with E-state index in [2.05, 4.69) is 5.16 Å². The number of carbonyl (C=O) groups is 1. The quantitative estimate of drug-likeness (QED) is 0.141. The summed E-state index contributed by atoms with van der Waals surface area (Å²) in [4.78, 5) is 17.9. The van der Waals surface area contributed by atoms with Crippen LogP contribution >= 0.6 is 23.4 Å². The molecule has 1 unspecified atom stereocenters. The fourth-order valence-corrected chi connectivity index (χ4v) is 4.27. The van der Waals surface area contributed by atoms with Crippen LogP contribution in [0.2, 0.25) is 0 Å². The van der Waals surface area contributed by atoms with Crippen LogP contribution in [-0.2, 0) is 15.8 Å². The van der Waals surface area contributed by atoms with Crippen molar-refractivity contribution in [2.24, 2.45) is 11.1 Å². The van der Waals surface area contributed by atoms with E-state index in [1.54, 1.807) is 6.92 Å². The number of halogens is 5. The molecule has 1 aliphatic carbocycles. The molecule has 0 bridgehead atoms. The Balaban J connectivity index is 1.98. The number of oxime groups is 1. The third-order valence-electron chi connectivity index (χ3n) is 4.62. The third-order valence-corrected chi connectivity index (χ3v) is 5.82. The number of Topliss-reactive ketones (excluding diaryl/α,β-unsaturated/α-hetero) is 1. The lowest BCUT2D eigenvalue weighted by atomic mass is 9.83. The van der Waals surface area contributed by atoms with Gasteiger partial charge in [-0.05, 0) is 48.8 Å². The zero-order valence-corrected chi connectivity index (χ0v) is 18.3. The highest BCUT2D eigenvalue weighted by Crippen LogP contribution is 2.35. The number of benzene rings is 1. The van der Waals surface area contributed by atoms with Crippen molar-refractivity contribution in [2.45, 2.75) is 43.7 Å². The van der Waals surface area contributed by atoms with E-state index in [1.165, 1.54) is 17.7 Å². The zero-order chi connectivity index (χ0) is 23.0. The molecule has 0 spiro atoms. The second-order valence-electron chi connectivity index (χ2n) is 6.84. The van der Waals surface area contributed by atoms with Gasteiger partial charge in [-0.2, -0.15) is 13.2 Å². The van der Waals surface area contributed by atoms with E-state index in [4.69, 9.17) is 16.4 Å². The molecule has 10 heteroatoms. The second-order valence-corrected chi connectivity index (χ2v) is 8.26. The Kier molecular flexibility index (Phi) is 9.43. The normalized spacial score (nSPS) is 18.2. The van der Waals surface area contributed by atoms with Crippen molar-refractivity contribution in [3.05, 3.63) is 52.5 Å². The number of alkyl halides is 3. The molecule has 4 nitrogen and oxygen atoms in total. The maximum absolute atomic E-state index is 13.4. The van der Waals surface area contributed by atoms with Gasteiger partial charge in [0.05, 0.1) is 16.8 Å². The average molecular weight is 480 g/mol. The molecular weight excluding hydrogens is 458 g/mol. The molecule has 2 rings (SSSR count). The summed E-state index contributed by atoms with van der Waals surface area (Å²) in [6.45, 7) is 1.92. The van der Waals surface area contributed by atoms with Gasteiger partial charge in [0.15, 0.2) is 5.78 Å². The van der Waals surface area contributed by atoms with Crippen molar-refractivity contribution < 1.29 is 32.3 Å². The maximum atomic E-state index is 13.4. The number of thioether (sulfide) groups is 1. The van der Waals surface area contributed by atoms with Crippen LogP contribution in [0, 0.1) is 11.7 Å². The predicted octanol–water partition coefficient (Wildman–Crippen LogP) is 6.65. The summed E-state index contributed by atoms with van der Waals surface area (Å²) in [6.07, 6.45) is -1.88. The summed E-state index contributed by atoms with van der Waals surface area (Å²) in [5, 5.41) is 14.3. The Labute approximate surface area is 187 Å². The van der Waals surface area contributed by atoms with Crippen LogP contribution in [-0.4, -0.2) is 29.0 Å². The first kappa shape index (κ1) is 25.3. The standard InChI is InChI=1S/C21H22ClF4NO3S/c1-2-17(27-30-8-3-7-22)20-18(28)10-13(11-19(20)29)6-9-31-14-4-5-16(23)15(12-14)21(24,25)26/h3-5,7,12-13,28H,2,6,8-11H2,1H3. The summed E-state index contributed by atoms with van der Waals surface area (Å²) < 4.78 is 51.9. The summed E-state index contributed by atoms with van der Waals surface area (Å²) in [5.74, 6) is -1.36. The van der Waals surface area contributed by atoms with Crippen LogP contribution in [0.15, 0.2) is 51.2 Å². The minimum absolute atomic E-state index is 0.0653. The van der Waals surface area contributed by atoms with Crippen LogP contribution in [0.4, 0.5) is 17.6 Å². The number of nitrogens with zero attached hydrogens (tertiary/aromatic N) is 1. The van der Waals surface area contributed by atoms with Gasteiger partial charge in [0.25, 0.3) is 0 Å². The van der Waals surface area contributed by atoms with E-state index < -0.39 is 17.6 Å². The van der Waals surface area contributed by atoms with Crippen molar-refractivity contribution in [1.82, 2.24) is 0 Å². The van der Waals surface area contributed by atoms with Crippen LogP contribution < -0.4 is 0 Å². The second kappa shape index (κ2) is 11.6. The van der Waals surface area contributed by atoms with Gasteiger partial charge in [-0.25, -0.2) is 4.39 Å². The first-order chi connectivity index (χ1) is 14.7. The first-order valence-corrected chi connectivity index (χ1v) is 11.0. The maximum Gasteiger partial charge on any atom is 0.419 e. The van der Waals surface area contributed by atoms with E-state index in [9.17, 15) is 27.5 Å². The van der Waals surface area contributed by atoms with Gasteiger partial charge in [-0.3, -0.25) is 4.79 Å².